The number of carbonyl (C=O) groups is 2. The highest BCUT2D eigenvalue weighted by Gasteiger charge is 2.16. The molecule has 1 aromatic heterocycles. The zero-order valence-electron chi connectivity index (χ0n) is 13.7. The van der Waals surface area contributed by atoms with Crippen molar-refractivity contribution in [3.8, 4) is 0 Å². The number of carboxylic acid groups (broad SMARTS) is 1. The van der Waals surface area contributed by atoms with Crippen LogP contribution in [0.15, 0.2) is 30.3 Å². The monoisotopic (exact) mass is 330 g/mol. The maximum atomic E-state index is 12.3. The molecule has 2 rings (SSSR count). The highest BCUT2D eigenvalue weighted by atomic mass is 32.1. The van der Waals surface area contributed by atoms with E-state index in [4.69, 9.17) is 0 Å². The van der Waals surface area contributed by atoms with E-state index < -0.39 is 5.97 Å². The van der Waals surface area contributed by atoms with Crippen molar-refractivity contribution in [3.05, 3.63) is 51.9 Å². The van der Waals surface area contributed by atoms with Crippen molar-refractivity contribution in [3.63, 3.8) is 0 Å². The first kappa shape index (κ1) is 17.2. The Kier molecular flexibility index (Phi) is 4.90. The molecular weight excluding hydrogens is 310 g/mol. The van der Waals surface area contributed by atoms with Gasteiger partial charge >= 0.3 is 0 Å². The number of benzene rings is 1. The smallest absolute Gasteiger partial charge is 0.256 e. The topological polar surface area (TPSA) is 69.2 Å². The van der Waals surface area contributed by atoms with Crippen LogP contribution in [-0.2, 0) is 11.8 Å². The lowest BCUT2D eigenvalue weighted by Gasteiger charge is -2.19. The molecule has 0 saturated carbocycles. The molecule has 0 spiro atoms. The molecule has 0 aliphatic rings. The van der Waals surface area contributed by atoms with Gasteiger partial charge < -0.3 is 15.2 Å². The van der Waals surface area contributed by atoms with E-state index >= 15 is 0 Å². The molecule has 1 amide bonds. The Labute approximate surface area is 140 Å². The summed E-state index contributed by atoms with van der Waals surface area (Å²) < 4.78 is 0. The largest absolute Gasteiger partial charge is 0.545 e. The summed E-state index contributed by atoms with van der Waals surface area (Å²) >= 11 is 1.27. The zero-order valence-corrected chi connectivity index (χ0v) is 14.5. The van der Waals surface area contributed by atoms with Gasteiger partial charge in [0.1, 0.15) is 5.00 Å². The van der Waals surface area contributed by atoms with Crippen molar-refractivity contribution in [2.24, 2.45) is 0 Å². The molecule has 23 heavy (non-hydrogen) atoms. The molecule has 4 nitrogen and oxygen atoms in total. The molecule has 0 aliphatic heterocycles. The lowest BCUT2D eigenvalue weighted by molar-refractivity contribution is -0.254. The zero-order chi connectivity index (χ0) is 17.2. The highest BCUT2D eigenvalue weighted by molar-refractivity contribution is 7.16. The van der Waals surface area contributed by atoms with Gasteiger partial charge in [0, 0.05) is 16.0 Å². The Morgan fingerprint density at radius 1 is 1.17 bits per heavy atom. The molecule has 0 atom stereocenters. The number of carbonyl (C=O) groups excluding carboxylic acids is 2. The van der Waals surface area contributed by atoms with Crippen LogP contribution >= 0.6 is 11.3 Å². The maximum absolute atomic E-state index is 12.3. The average molecular weight is 330 g/mol. The lowest BCUT2D eigenvalue weighted by Crippen LogP contribution is -2.23. The van der Waals surface area contributed by atoms with E-state index in [-0.39, 0.29) is 16.9 Å². The second-order valence-corrected chi connectivity index (χ2v) is 7.51. The van der Waals surface area contributed by atoms with Crippen LogP contribution in [0.5, 0.6) is 0 Å². The minimum absolute atomic E-state index is 0.0148. The number of rotatable bonds is 4. The quantitative estimate of drug-likeness (QED) is 0.936. The number of anilines is 1. The van der Waals surface area contributed by atoms with Crippen LogP contribution in [0.25, 0.3) is 0 Å². The molecule has 2 aromatic rings. The molecule has 0 bridgehead atoms. The first-order chi connectivity index (χ1) is 10.7. The van der Waals surface area contributed by atoms with Gasteiger partial charge in [-0.3, -0.25) is 4.79 Å². The third-order valence-electron chi connectivity index (χ3n) is 3.59. The number of thiophene rings is 1. The summed E-state index contributed by atoms with van der Waals surface area (Å²) in [6.45, 7) is 8.24. The van der Waals surface area contributed by atoms with Gasteiger partial charge in [0.15, 0.2) is 0 Å². The van der Waals surface area contributed by atoms with Crippen molar-refractivity contribution < 1.29 is 14.7 Å². The van der Waals surface area contributed by atoms with Gasteiger partial charge in [-0.15, -0.1) is 11.3 Å². The molecule has 1 N–H and O–H groups in total. The lowest BCUT2D eigenvalue weighted by atomic mass is 9.87. The third-order valence-corrected chi connectivity index (χ3v) is 4.79. The minimum Gasteiger partial charge on any atom is -0.545 e. The van der Waals surface area contributed by atoms with Gasteiger partial charge in [0.05, 0.1) is 5.97 Å². The summed E-state index contributed by atoms with van der Waals surface area (Å²) in [5.74, 6) is -1.60. The van der Waals surface area contributed by atoms with Crippen molar-refractivity contribution >= 4 is 28.2 Å². The number of aromatic carboxylic acids is 1. The molecule has 5 heteroatoms. The van der Waals surface area contributed by atoms with E-state index in [2.05, 4.69) is 26.1 Å². The minimum atomic E-state index is -1.28. The van der Waals surface area contributed by atoms with Crippen LogP contribution in [0.2, 0.25) is 0 Å². The number of hydrogen-bond acceptors (Lipinski definition) is 4. The summed E-state index contributed by atoms with van der Waals surface area (Å²) in [6, 6.07) is 8.89. The molecule has 122 valence electrons. The van der Waals surface area contributed by atoms with Gasteiger partial charge in [0.2, 0.25) is 0 Å². The van der Waals surface area contributed by atoms with Crippen LogP contribution in [0.1, 0.15) is 58.9 Å². The van der Waals surface area contributed by atoms with Crippen LogP contribution in [-0.4, -0.2) is 11.9 Å². The first-order valence-electron chi connectivity index (χ1n) is 7.48. The molecule has 1 heterocycles. The fourth-order valence-electron chi connectivity index (χ4n) is 2.16. The first-order valence-corrected chi connectivity index (χ1v) is 8.30. The van der Waals surface area contributed by atoms with E-state index in [1.165, 1.54) is 11.3 Å². The van der Waals surface area contributed by atoms with Crippen molar-refractivity contribution in [1.82, 2.24) is 0 Å². The Bertz CT molecular complexity index is 724. The SMILES string of the molecule is CCc1cc(C(=O)[O-])c(NC(=O)c2ccc(C(C)(C)C)cc2)s1. The molecular formula is C18H20NO3S-. The number of carboxylic acids is 1. The number of nitrogens with one attached hydrogen (secondary N) is 1. The summed E-state index contributed by atoms with van der Waals surface area (Å²) in [7, 11) is 0. The standard InChI is InChI=1S/C18H21NO3S/c1-5-13-10-14(17(21)22)16(23-13)19-15(20)11-6-8-12(9-7-11)18(2,3)4/h6-10H,5H2,1-4H3,(H,19,20)(H,21,22)/p-1. The second kappa shape index (κ2) is 6.54. The van der Waals surface area contributed by atoms with Gasteiger partial charge in [-0.25, -0.2) is 0 Å². The maximum Gasteiger partial charge on any atom is 0.256 e. The summed E-state index contributed by atoms with van der Waals surface area (Å²) in [5, 5.41) is 14.2. The van der Waals surface area contributed by atoms with E-state index in [0.29, 0.717) is 17.0 Å². The Morgan fingerprint density at radius 3 is 2.26 bits per heavy atom. The molecule has 0 fully saturated rings. The Hall–Kier alpha value is -2.14. The Morgan fingerprint density at radius 2 is 1.78 bits per heavy atom. The van der Waals surface area contributed by atoms with E-state index in [0.717, 1.165) is 10.4 Å². The second-order valence-electron chi connectivity index (χ2n) is 6.38. The van der Waals surface area contributed by atoms with E-state index in [1.54, 1.807) is 18.2 Å². The van der Waals surface area contributed by atoms with E-state index in [1.807, 2.05) is 19.1 Å². The fraction of sp³-hybridized carbons (Fsp3) is 0.333. The molecule has 0 saturated heterocycles. The summed E-state index contributed by atoms with van der Waals surface area (Å²) in [6.07, 6.45) is 0.709. The van der Waals surface area contributed by atoms with Crippen molar-refractivity contribution in [2.45, 2.75) is 39.5 Å². The normalized spacial score (nSPS) is 11.3. The van der Waals surface area contributed by atoms with Gasteiger partial charge in [0.25, 0.3) is 5.91 Å². The number of hydrogen-bond donors (Lipinski definition) is 1. The summed E-state index contributed by atoms with van der Waals surface area (Å²) in [4.78, 5) is 24.4. The molecule has 0 unspecified atom stereocenters. The predicted octanol–water partition coefficient (Wildman–Crippen LogP) is 3.22. The van der Waals surface area contributed by atoms with Crippen LogP contribution in [0.3, 0.4) is 0 Å². The average Bonchev–Trinajstić information content (AvgIpc) is 2.89. The Balaban J connectivity index is 2.22. The van der Waals surface area contributed by atoms with Gasteiger partial charge in [-0.1, -0.05) is 39.8 Å². The third kappa shape index (κ3) is 3.99. The predicted molar refractivity (Wildman–Crippen MR) is 91.1 cm³/mol. The number of amides is 1. The van der Waals surface area contributed by atoms with Crippen LogP contribution in [0, 0.1) is 0 Å². The van der Waals surface area contributed by atoms with E-state index in [9.17, 15) is 14.7 Å². The number of aryl methyl sites for hydroxylation is 1. The van der Waals surface area contributed by atoms with Gasteiger partial charge in [-0.05, 0) is 35.6 Å². The fourth-order valence-corrected chi connectivity index (χ4v) is 3.14. The molecule has 0 aliphatic carbocycles. The molecule has 1 aromatic carbocycles. The van der Waals surface area contributed by atoms with Crippen molar-refractivity contribution in [2.75, 3.05) is 5.32 Å². The highest BCUT2D eigenvalue weighted by Crippen LogP contribution is 2.29. The van der Waals surface area contributed by atoms with Crippen LogP contribution < -0.4 is 10.4 Å². The summed E-state index contributed by atoms with van der Waals surface area (Å²) in [5.41, 5.74) is 1.68. The van der Waals surface area contributed by atoms with Crippen molar-refractivity contribution in [1.29, 1.82) is 0 Å². The molecule has 0 radical (unpaired) electrons. The van der Waals surface area contributed by atoms with Crippen LogP contribution in [0.4, 0.5) is 5.00 Å². The van der Waals surface area contributed by atoms with Gasteiger partial charge in [-0.2, -0.15) is 0 Å².